The van der Waals surface area contributed by atoms with Gasteiger partial charge in [0.15, 0.2) is 5.65 Å². The normalized spacial score (nSPS) is 16.2. The van der Waals surface area contributed by atoms with E-state index >= 15 is 0 Å². The molecule has 134 valence electrons. The van der Waals surface area contributed by atoms with Crippen molar-refractivity contribution >= 4 is 11.6 Å². The van der Waals surface area contributed by atoms with Crippen LogP contribution in [0.5, 0.6) is 0 Å². The fraction of sp³-hybridized carbons (Fsp3) is 0.381. The first-order valence-electron chi connectivity index (χ1n) is 9.51. The second-order valence-corrected chi connectivity index (χ2v) is 7.04. The summed E-state index contributed by atoms with van der Waals surface area (Å²) in [5.74, 6) is 0.0156. The average molecular weight is 348 g/mol. The third-order valence-corrected chi connectivity index (χ3v) is 5.16. The lowest BCUT2D eigenvalue weighted by Crippen LogP contribution is -2.35. The summed E-state index contributed by atoms with van der Waals surface area (Å²) >= 11 is 0. The molecule has 2 heterocycles. The van der Waals surface area contributed by atoms with E-state index in [0.717, 1.165) is 29.6 Å². The van der Waals surface area contributed by atoms with Crippen molar-refractivity contribution in [3.05, 3.63) is 54.5 Å². The second kappa shape index (κ2) is 7.68. The molecule has 5 heteroatoms. The summed E-state index contributed by atoms with van der Waals surface area (Å²) in [7, 11) is 0. The lowest BCUT2D eigenvalue weighted by Gasteiger charge is -2.21. The van der Waals surface area contributed by atoms with Gasteiger partial charge >= 0.3 is 0 Å². The molecule has 0 aliphatic heterocycles. The summed E-state index contributed by atoms with van der Waals surface area (Å²) in [6.45, 7) is 0. The molecule has 3 aromatic rings. The molecule has 0 saturated heterocycles. The molecule has 4 rings (SSSR count). The van der Waals surface area contributed by atoms with E-state index in [0.29, 0.717) is 11.6 Å². The maximum absolute atomic E-state index is 12.7. The van der Waals surface area contributed by atoms with Gasteiger partial charge in [-0.1, -0.05) is 44.2 Å². The zero-order valence-corrected chi connectivity index (χ0v) is 14.9. The SMILES string of the molecule is O=C(NC1CCCCCCC1)c1cccc(-c2cnn3cccnc23)c1. The Morgan fingerprint density at radius 2 is 1.88 bits per heavy atom. The van der Waals surface area contributed by atoms with Crippen molar-refractivity contribution < 1.29 is 4.79 Å². The van der Waals surface area contributed by atoms with E-state index in [4.69, 9.17) is 0 Å². The van der Waals surface area contributed by atoms with Crippen LogP contribution in [0.25, 0.3) is 16.8 Å². The third kappa shape index (κ3) is 3.62. The Morgan fingerprint density at radius 1 is 1.08 bits per heavy atom. The van der Waals surface area contributed by atoms with Gasteiger partial charge in [-0.05, 0) is 36.6 Å². The maximum atomic E-state index is 12.7. The first kappa shape index (κ1) is 16.8. The molecule has 0 spiro atoms. The fourth-order valence-corrected chi connectivity index (χ4v) is 3.73. The number of carbonyl (C=O) groups excluding carboxylic acids is 1. The largest absolute Gasteiger partial charge is 0.349 e. The Bertz CT molecular complexity index is 894. The van der Waals surface area contributed by atoms with Crippen LogP contribution in [0, 0.1) is 0 Å². The smallest absolute Gasteiger partial charge is 0.251 e. The second-order valence-electron chi connectivity index (χ2n) is 7.04. The number of benzene rings is 1. The quantitative estimate of drug-likeness (QED) is 0.770. The van der Waals surface area contributed by atoms with Gasteiger partial charge in [-0.15, -0.1) is 0 Å². The minimum atomic E-state index is 0.0156. The maximum Gasteiger partial charge on any atom is 0.251 e. The molecular weight excluding hydrogens is 324 g/mol. The van der Waals surface area contributed by atoms with Gasteiger partial charge < -0.3 is 5.32 Å². The Kier molecular flexibility index (Phi) is 4.95. The highest BCUT2D eigenvalue weighted by Crippen LogP contribution is 2.24. The standard InChI is InChI=1S/C21H24N4O/c26-21(24-18-10-4-2-1-3-5-11-18)17-9-6-8-16(14-17)19-15-23-25-13-7-12-22-20(19)25/h6-9,12-15,18H,1-5,10-11H2,(H,24,26). The minimum absolute atomic E-state index is 0.0156. The number of carbonyl (C=O) groups is 1. The molecule has 0 atom stereocenters. The predicted molar refractivity (Wildman–Crippen MR) is 102 cm³/mol. The van der Waals surface area contributed by atoms with Gasteiger partial charge in [-0.2, -0.15) is 5.10 Å². The van der Waals surface area contributed by atoms with Gasteiger partial charge in [-0.3, -0.25) is 4.79 Å². The van der Waals surface area contributed by atoms with E-state index in [2.05, 4.69) is 15.4 Å². The van der Waals surface area contributed by atoms with Crippen molar-refractivity contribution in [3.63, 3.8) is 0 Å². The number of aromatic nitrogens is 3. The minimum Gasteiger partial charge on any atom is -0.349 e. The number of hydrogen-bond acceptors (Lipinski definition) is 3. The number of rotatable bonds is 3. The van der Waals surface area contributed by atoms with Crippen LogP contribution in [-0.4, -0.2) is 26.5 Å². The van der Waals surface area contributed by atoms with Gasteiger partial charge in [-0.25, -0.2) is 9.50 Å². The van der Waals surface area contributed by atoms with Gasteiger partial charge in [0.2, 0.25) is 0 Å². The number of nitrogens with zero attached hydrogens (tertiary/aromatic N) is 3. The van der Waals surface area contributed by atoms with Crippen molar-refractivity contribution in [1.29, 1.82) is 0 Å². The Balaban J connectivity index is 1.54. The van der Waals surface area contributed by atoms with Crippen LogP contribution in [0.3, 0.4) is 0 Å². The van der Waals surface area contributed by atoms with Crippen molar-refractivity contribution in [2.24, 2.45) is 0 Å². The van der Waals surface area contributed by atoms with E-state index in [9.17, 15) is 4.79 Å². The lowest BCUT2D eigenvalue weighted by molar-refractivity contribution is 0.0930. The topological polar surface area (TPSA) is 59.3 Å². The summed E-state index contributed by atoms with van der Waals surface area (Å²) in [6, 6.07) is 9.88. The molecule has 1 amide bonds. The molecule has 0 radical (unpaired) electrons. The lowest BCUT2D eigenvalue weighted by atomic mass is 9.96. The van der Waals surface area contributed by atoms with E-state index in [1.165, 1.54) is 32.1 Å². The highest BCUT2D eigenvalue weighted by atomic mass is 16.1. The van der Waals surface area contributed by atoms with Gasteiger partial charge in [0.05, 0.1) is 6.20 Å². The van der Waals surface area contributed by atoms with E-state index < -0.39 is 0 Å². The number of hydrogen-bond donors (Lipinski definition) is 1. The van der Waals surface area contributed by atoms with Crippen molar-refractivity contribution in [2.75, 3.05) is 0 Å². The van der Waals surface area contributed by atoms with Crippen molar-refractivity contribution in [3.8, 4) is 11.1 Å². The summed E-state index contributed by atoms with van der Waals surface area (Å²) in [5.41, 5.74) is 3.39. The number of nitrogens with one attached hydrogen (secondary N) is 1. The van der Waals surface area contributed by atoms with E-state index in [1.807, 2.05) is 36.5 Å². The Labute approximate surface area is 153 Å². The van der Waals surface area contributed by atoms with Crippen LogP contribution >= 0.6 is 0 Å². The first-order chi connectivity index (χ1) is 12.8. The van der Waals surface area contributed by atoms with Gasteiger partial charge in [0, 0.05) is 29.6 Å². The Morgan fingerprint density at radius 3 is 2.73 bits per heavy atom. The molecule has 1 aliphatic carbocycles. The molecule has 26 heavy (non-hydrogen) atoms. The van der Waals surface area contributed by atoms with Crippen LogP contribution in [0.15, 0.2) is 48.9 Å². The van der Waals surface area contributed by atoms with Crippen LogP contribution in [0.1, 0.15) is 55.3 Å². The third-order valence-electron chi connectivity index (χ3n) is 5.16. The number of fused-ring (bicyclic) bond motifs is 1. The van der Waals surface area contributed by atoms with Gasteiger partial charge in [0.25, 0.3) is 5.91 Å². The average Bonchev–Trinajstić information content (AvgIpc) is 3.08. The molecule has 5 nitrogen and oxygen atoms in total. The molecule has 1 aliphatic rings. The van der Waals surface area contributed by atoms with Crippen LogP contribution in [0.4, 0.5) is 0 Å². The summed E-state index contributed by atoms with van der Waals surface area (Å²) in [4.78, 5) is 17.2. The van der Waals surface area contributed by atoms with Crippen molar-refractivity contribution in [2.45, 2.75) is 51.0 Å². The molecule has 0 bridgehead atoms. The molecular formula is C21H24N4O. The molecule has 1 aromatic carbocycles. The van der Waals surface area contributed by atoms with Crippen LogP contribution < -0.4 is 5.32 Å². The first-order valence-corrected chi connectivity index (χ1v) is 9.51. The van der Waals surface area contributed by atoms with E-state index in [1.54, 1.807) is 16.9 Å². The molecule has 1 N–H and O–H groups in total. The summed E-state index contributed by atoms with van der Waals surface area (Å²) < 4.78 is 1.75. The monoisotopic (exact) mass is 348 g/mol. The zero-order valence-electron chi connectivity index (χ0n) is 14.9. The predicted octanol–water partition coefficient (Wildman–Crippen LogP) is 4.24. The Hall–Kier alpha value is -2.69. The van der Waals surface area contributed by atoms with Crippen LogP contribution in [0.2, 0.25) is 0 Å². The highest BCUT2D eigenvalue weighted by Gasteiger charge is 2.16. The molecule has 1 saturated carbocycles. The highest BCUT2D eigenvalue weighted by molar-refractivity contribution is 5.96. The summed E-state index contributed by atoms with van der Waals surface area (Å²) in [6.07, 6.45) is 13.9. The molecule has 2 aromatic heterocycles. The number of amides is 1. The summed E-state index contributed by atoms with van der Waals surface area (Å²) in [5, 5.41) is 7.57. The van der Waals surface area contributed by atoms with Crippen LogP contribution in [-0.2, 0) is 0 Å². The fourth-order valence-electron chi connectivity index (χ4n) is 3.73. The van der Waals surface area contributed by atoms with E-state index in [-0.39, 0.29) is 5.91 Å². The zero-order chi connectivity index (χ0) is 17.8. The van der Waals surface area contributed by atoms with Crippen molar-refractivity contribution in [1.82, 2.24) is 19.9 Å². The molecule has 0 unspecified atom stereocenters. The van der Waals surface area contributed by atoms with Gasteiger partial charge in [0.1, 0.15) is 0 Å². The molecule has 1 fully saturated rings.